The number of anilines is 1. The van der Waals surface area contributed by atoms with Gasteiger partial charge in [0.2, 0.25) is 0 Å². The molecule has 20 heavy (non-hydrogen) atoms. The van der Waals surface area contributed by atoms with Crippen molar-refractivity contribution >= 4 is 33.0 Å². The fourth-order valence-electron chi connectivity index (χ4n) is 2.64. The van der Waals surface area contributed by atoms with E-state index >= 15 is 0 Å². The van der Waals surface area contributed by atoms with Crippen LogP contribution in [0.4, 0.5) is 5.69 Å². The maximum Gasteiger partial charge on any atom is 0.266 e. The Hall–Kier alpha value is -1.59. The molecule has 0 atom stereocenters. The van der Waals surface area contributed by atoms with Crippen molar-refractivity contribution < 1.29 is 4.79 Å². The lowest BCUT2D eigenvalue weighted by molar-refractivity contribution is 0.0649. The van der Waals surface area contributed by atoms with Crippen LogP contribution < -0.4 is 5.73 Å². The summed E-state index contributed by atoms with van der Waals surface area (Å²) in [4.78, 5) is 17.6. The lowest BCUT2D eigenvalue weighted by Crippen LogP contribution is -2.48. The molecular weight excluding hydrogens is 270 g/mol. The van der Waals surface area contributed by atoms with E-state index in [1.54, 1.807) is 0 Å². The van der Waals surface area contributed by atoms with Crippen LogP contribution >= 0.6 is 11.3 Å². The number of carbonyl (C=O) groups is 1. The first-order valence-electron chi connectivity index (χ1n) is 6.99. The molecular formula is C15H19N3OS. The molecule has 0 spiro atoms. The highest BCUT2D eigenvalue weighted by molar-refractivity contribution is 7.21. The minimum atomic E-state index is 0.0828. The zero-order valence-corrected chi connectivity index (χ0v) is 12.4. The SMILES string of the molecule is CCN1CCN(C(=O)c2sc3ccccc3c2N)CC1. The van der Waals surface area contributed by atoms with Crippen molar-refractivity contribution in [1.29, 1.82) is 0 Å². The van der Waals surface area contributed by atoms with Crippen LogP contribution in [0.15, 0.2) is 24.3 Å². The van der Waals surface area contributed by atoms with Crippen molar-refractivity contribution in [2.75, 3.05) is 38.5 Å². The maximum absolute atomic E-state index is 12.6. The number of thiophene rings is 1. The van der Waals surface area contributed by atoms with Crippen molar-refractivity contribution in [3.05, 3.63) is 29.1 Å². The lowest BCUT2D eigenvalue weighted by Gasteiger charge is -2.33. The molecule has 1 aromatic heterocycles. The van der Waals surface area contributed by atoms with Crippen molar-refractivity contribution in [2.45, 2.75) is 6.92 Å². The molecule has 1 amide bonds. The standard InChI is InChI=1S/C15H19N3OS/c1-2-17-7-9-18(10-8-17)15(19)14-13(16)11-5-3-4-6-12(11)20-14/h3-6H,2,7-10,16H2,1H3. The molecule has 1 aliphatic rings. The Morgan fingerprint density at radius 1 is 1.25 bits per heavy atom. The van der Waals surface area contributed by atoms with Crippen molar-refractivity contribution in [3.63, 3.8) is 0 Å². The number of hydrogen-bond acceptors (Lipinski definition) is 4. The molecule has 2 N–H and O–H groups in total. The summed E-state index contributed by atoms with van der Waals surface area (Å²) < 4.78 is 1.08. The number of rotatable bonds is 2. The molecule has 0 unspecified atom stereocenters. The first kappa shape index (κ1) is 13.4. The molecule has 2 aromatic rings. The van der Waals surface area contributed by atoms with Crippen molar-refractivity contribution in [2.24, 2.45) is 0 Å². The predicted octanol–water partition coefficient (Wildman–Crippen LogP) is 2.26. The Kier molecular flexibility index (Phi) is 3.63. The Bertz CT molecular complexity index is 629. The average molecular weight is 289 g/mol. The molecule has 0 aliphatic carbocycles. The summed E-state index contributed by atoms with van der Waals surface area (Å²) in [6.07, 6.45) is 0. The first-order valence-corrected chi connectivity index (χ1v) is 7.81. The van der Waals surface area contributed by atoms with E-state index in [0.717, 1.165) is 42.8 Å². The number of amides is 1. The third-order valence-corrected chi connectivity index (χ3v) is 5.11. The van der Waals surface area contributed by atoms with Crippen molar-refractivity contribution in [1.82, 2.24) is 9.80 Å². The lowest BCUT2D eigenvalue weighted by atomic mass is 10.2. The van der Waals surface area contributed by atoms with E-state index < -0.39 is 0 Å². The summed E-state index contributed by atoms with van der Waals surface area (Å²) in [5, 5.41) is 0.994. The number of piperazine rings is 1. The van der Waals surface area contributed by atoms with E-state index in [1.807, 2.05) is 29.2 Å². The van der Waals surface area contributed by atoms with Gasteiger partial charge in [0.15, 0.2) is 0 Å². The molecule has 1 saturated heterocycles. The highest BCUT2D eigenvalue weighted by atomic mass is 32.1. The molecule has 0 radical (unpaired) electrons. The minimum Gasteiger partial charge on any atom is -0.397 e. The normalized spacial score (nSPS) is 16.8. The van der Waals surface area contributed by atoms with Gasteiger partial charge < -0.3 is 15.5 Å². The van der Waals surface area contributed by atoms with Gasteiger partial charge in [-0.25, -0.2) is 0 Å². The highest BCUT2D eigenvalue weighted by Gasteiger charge is 2.25. The van der Waals surface area contributed by atoms with Gasteiger partial charge in [0.1, 0.15) is 4.88 Å². The Morgan fingerprint density at radius 3 is 2.60 bits per heavy atom. The van der Waals surface area contributed by atoms with E-state index in [4.69, 9.17) is 5.73 Å². The Morgan fingerprint density at radius 2 is 1.95 bits per heavy atom. The van der Waals surface area contributed by atoms with E-state index in [1.165, 1.54) is 11.3 Å². The van der Waals surface area contributed by atoms with E-state index in [-0.39, 0.29) is 5.91 Å². The molecule has 1 aromatic carbocycles. The van der Waals surface area contributed by atoms with Crippen LogP contribution in [0.3, 0.4) is 0 Å². The summed E-state index contributed by atoms with van der Waals surface area (Å²) in [7, 11) is 0. The van der Waals surface area contributed by atoms with Gasteiger partial charge in [0.05, 0.1) is 5.69 Å². The number of nitrogens with two attached hydrogens (primary N) is 1. The summed E-state index contributed by atoms with van der Waals surface area (Å²) in [5.41, 5.74) is 6.79. The molecule has 1 fully saturated rings. The summed E-state index contributed by atoms with van der Waals surface area (Å²) >= 11 is 1.50. The van der Waals surface area contributed by atoms with Gasteiger partial charge in [-0.1, -0.05) is 25.1 Å². The second-order valence-corrected chi connectivity index (χ2v) is 6.12. The molecule has 1 aliphatic heterocycles. The van der Waals surface area contributed by atoms with E-state index in [9.17, 15) is 4.79 Å². The summed E-state index contributed by atoms with van der Waals surface area (Å²) in [6, 6.07) is 7.93. The number of likely N-dealkylation sites (N-methyl/N-ethyl adjacent to an activating group) is 1. The fraction of sp³-hybridized carbons (Fsp3) is 0.400. The molecule has 4 nitrogen and oxygen atoms in total. The predicted molar refractivity (Wildman–Crippen MR) is 84.3 cm³/mol. The number of benzene rings is 1. The van der Waals surface area contributed by atoms with Gasteiger partial charge in [-0.05, 0) is 12.6 Å². The second kappa shape index (κ2) is 5.42. The zero-order chi connectivity index (χ0) is 14.1. The fourth-order valence-corrected chi connectivity index (χ4v) is 3.73. The van der Waals surface area contributed by atoms with Crippen LogP contribution in [0.1, 0.15) is 16.6 Å². The number of carbonyl (C=O) groups excluding carboxylic acids is 1. The zero-order valence-electron chi connectivity index (χ0n) is 11.6. The largest absolute Gasteiger partial charge is 0.397 e. The number of nitrogens with zero attached hydrogens (tertiary/aromatic N) is 2. The van der Waals surface area contributed by atoms with Crippen LogP contribution in [-0.2, 0) is 0 Å². The van der Waals surface area contributed by atoms with Gasteiger partial charge in [-0.3, -0.25) is 4.79 Å². The van der Waals surface area contributed by atoms with Gasteiger partial charge in [0, 0.05) is 36.3 Å². The van der Waals surface area contributed by atoms with Crippen LogP contribution in [0.2, 0.25) is 0 Å². The average Bonchev–Trinajstić information content (AvgIpc) is 2.84. The first-order chi connectivity index (χ1) is 9.70. The molecule has 106 valence electrons. The van der Waals surface area contributed by atoms with Crippen LogP contribution in [0.5, 0.6) is 0 Å². The van der Waals surface area contributed by atoms with Gasteiger partial charge in [0.25, 0.3) is 5.91 Å². The number of hydrogen-bond donors (Lipinski definition) is 1. The Labute approximate surface area is 122 Å². The number of fused-ring (bicyclic) bond motifs is 1. The summed E-state index contributed by atoms with van der Waals surface area (Å²) in [5.74, 6) is 0.0828. The van der Waals surface area contributed by atoms with Crippen molar-refractivity contribution in [3.8, 4) is 0 Å². The van der Waals surface area contributed by atoms with Crippen LogP contribution in [0, 0.1) is 0 Å². The van der Waals surface area contributed by atoms with Crippen LogP contribution in [0.25, 0.3) is 10.1 Å². The third kappa shape index (κ3) is 2.27. The van der Waals surface area contributed by atoms with E-state index in [0.29, 0.717) is 10.6 Å². The maximum atomic E-state index is 12.6. The number of nitrogen functional groups attached to an aromatic ring is 1. The van der Waals surface area contributed by atoms with Gasteiger partial charge in [-0.2, -0.15) is 0 Å². The van der Waals surface area contributed by atoms with E-state index in [2.05, 4.69) is 11.8 Å². The van der Waals surface area contributed by atoms with Crippen LogP contribution in [-0.4, -0.2) is 48.4 Å². The Balaban J connectivity index is 1.84. The molecule has 2 heterocycles. The molecule has 5 heteroatoms. The topological polar surface area (TPSA) is 49.6 Å². The quantitative estimate of drug-likeness (QED) is 0.922. The van der Waals surface area contributed by atoms with Gasteiger partial charge >= 0.3 is 0 Å². The highest BCUT2D eigenvalue weighted by Crippen LogP contribution is 2.34. The second-order valence-electron chi connectivity index (χ2n) is 5.07. The smallest absolute Gasteiger partial charge is 0.266 e. The van der Waals surface area contributed by atoms with Gasteiger partial charge in [-0.15, -0.1) is 11.3 Å². The third-order valence-electron chi connectivity index (χ3n) is 3.93. The molecule has 0 bridgehead atoms. The molecule has 0 saturated carbocycles. The molecule has 3 rings (SSSR count). The monoisotopic (exact) mass is 289 g/mol. The summed E-state index contributed by atoms with van der Waals surface area (Å²) in [6.45, 7) is 6.69. The minimum absolute atomic E-state index is 0.0828.